The molecule has 0 bridgehead atoms. The van der Waals surface area contributed by atoms with Crippen LogP contribution in [-0.2, 0) is 4.79 Å². The number of hydrogen-bond donors (Lipinski definition) is 1. The third kappa shape index (κ3) is 3.79. The van der Waals surface area contributed by atoms with Crippen LogP contribution >= 0.6 is 0 Å². The van der Waals surface area contributed by atoms with Crippen LogP contribution in [0.25, 0.3) is 10.8 Å². The molecule has 1 aliphatic rings. The fourth-order valence-electron chi connectivity index (χ4n) is 4.11. The number of carbonyl (C=O) groups is 3. The van der Waals surface area contributed by atoms with E-state index in [1.54, 1.807) is 36.4 Å². The predicted molar refractivity (Wildman–Crippen MR) is 132 cm³/mol. The molecule has 0 unspecified atom stereocenters. The van der Waals surface area contributed by atoms with Gasteiger partial charge < -0.3 is 10.1 Å². The molecular formula is C28H22N2O4. The van der Waals surface area contributed by atoms with Crippen LogP contribution in [0, 0.1) is 13.8 Å². The summed E-state index contributed by atoms with van der Waals surface area (Å²) in [6.45, 7) is 3.87. The number of nitrogens with zero attached hydrogens (tertiary/aromatic N) is 1. The van der Waals surface area contributed by atoms with Crippen LogP contribution in [0.4, 0.5) is 11.4 Å². The maximum atomic E-state index is 13.2. The van der Waals surface area contributed by atoms with Crippen molar-refractivity contribution in [3.05, 3.63) is 101 Å². The molecule has 1 N–H and O–H groups in total. The number of rotatable bonds is 5. The van der Waals surface area contributed by atoms with Gasteiger partial charge in [0.25, 0.3) is 17.7 Å². The SMILES string of the molecule is Cc1ccc(OCC(=O)Nc2ccc(N3C(=O)c4cccc5cccc(c45)C3=O)cc2)cc1C. The van der Waals surface area contributed by atoms with Crippen LogP contribution in [0.5, 0.6) is 5.75 Å². The fraction of sp³-hybridized carbons (Fsp3) is 0.107. The maximum absolute atomic E-state index is 13.2. The van der Waals surface area contributed by atoms with E-state index in [1.807, 2.05) is 56.3 Å². The van der Waals surface area contributed by atoms with Crippen molar-refractivity contribution in [3.63, 3.8) is 0 Å². The Bertz CT molecular complexity index is 1410. The molecular weight excluding hydrogens is 428 g/mol. The zero-order valence-corrected chi connectivity index (χ0v) is 18.8. The molecule has 5 rings (SSSR count). The summed E-state index contributed by atoms with van der Waals surface area (Å²) in [6, 6.07) is 23.1. The first-order valence-corrected chi connectivity index (χ1v) is 10.9. The molecule has 6 heteroatoms. The molecule has 1 aliphatic heterocycles. The van der Waals surface area contributed by atoms with Crippen molar-refractivity contribution in [1.82, 2.24) is 0 Å². The van der Waals surface area contributed by atoms with E-state index >= 15 is 0 Å². The molecule has 0 aliphatic carbocycles. The minimum absolute atomic E-state index is 0.131. The Morgan fingerprint density at radius 2 is 1.47 bits per heavy atom. The van der Waals surface area contributed by atoms with Crippen molar-refractivity contribution < 1.29 is 19.1 Å². The quantitative estimate of drug-likeness (QED) is 0.420. The van der Waals surface area contributed by atoms with Crippen LogP contribution in [0.1, 0.15) is 31.8 Å². The molecule has 168 valence electrons. The Balaban J connectivity index is 1.30. The number of ether oxygens (including phenoxy) is 1. The molecule has 0 saturated carbocycles. The summed E-state index contributed by atoms with van der Waals surface area (Å²) in [4.78, 5) is 39.8. The van der Waals surface area contributed by atoms with Gasteiger partial charge in [0.05, 0.1) is 5.69 Å². The topological polar surface area (TPSA) is 75.7 Å². The van der Waals surface area contributed by atoms with E-state index in [0.717, 1.165) is 16.5 Å². The largest absolute Gasteiger partial charge is 0.484 e. The van der Waals surface area contributed by atoms with Crippen LogP contribution in [0.3, 0.4) is 0 Å². The lowest BCUT2D eigenvalue weighted by molar-refractivity contribution is -0.118. The third-order valence-corrected chi connectivity index (χ3v) is 6.03. The number of amides is 3. The smallest absolute Gasteiger partial charge is 0.265 e. The summed E-state index contributed by atoms with van der Waals surface area (Å²) in [5.41, 5.74) is 4.21. The van der Waals surface area contributed by atoms with Gasteiger partial charge in [-0.3, -0.25) is 14.4 Å². The fourth-order valence-corrected chi connectivity index (χ4v) is 4.11. The summed E-state index contributed by atoms with van der Waals surface area (Å²) in [5.74, 6) is -0.413. The summed E-state index contributed by atoms with van der Waals surface area (Å²) in [7, 11) is 0. The molecule has 4 aromatic carbocycles. The molecule has 6 nitrogen and oxygen atoms in total. The van der Waals surface area contributed by atoms with Crippen molar-refractivity contribution in [2.45, 2.75) is 13.8 Å². The Morgan fingerprint density at radius 3 is 2.09 bits per heavy atom. The standard InChI is InChI=1S/C28H22N2O4/c1-17-9-14-22(15-18(17)2)34-16-25(31)29-20-10-12-21(13-11-20)30-27(32)23-7-3-5-19-6-4-8-24(26(19)23)28(30)33/h3-15H,16H2,1-2H3,(H,29,31). The zero-order chi connectivity index (χ0) is 23.8. The summed E-state index contributed by atoms with van der Waals surface area (Å²) < 4.78 is 5.57. The average molecular weight is 450 g/mol. The number of imide groups is 1. The molecule has 0 radical (unpaired) electrons. The molecule has 4 aromatic rings. The maximum Gasteiger partial charge on any atom is 0.265 e. The summed E-state index contributed by atoms with van der Waals surface area (Å²) in [6.07, 6.45) is 0. The second-order valence-electron chi connectivity index (χ2n) is 8.28. The molecule has 0 atom stereocenters. The highest BCUT2D eigenvalue weighted by atomic mass is 16.5. The van der Waals surface area contributed by atoms with Crippen LogP contribution in [0.2, 0.25) is 0 Å². The van der Waals surface area contributed by atoms with Crippen molar-refractivity contribution in [2.75, 3.05) is 16.8 Å². The van der Waals surface area contributed by atoms with E-state index in [0.29, 0.717) is 33.6 Å². The number of benzene rings is 4. The lowest BCUT2D eigenvalue weighted by atomic mass is 9.94. The third-order valence-electron chi connectivity index (χ3n) is 6.03. The van der Waals surface area contributed by atoms with Gasteiger partial charge in [0.15, 0.2) is 6.61 Å². The van der Waals surface area contributed by atoms with E-state index in [2.05, 4.69) is 5.32 Å². The van der Waals surface area contributed by atoms with Crippen LogP contribution in [-0.4, -0.2) is 24.3 Å². The van der Waals surface area contributed by atoms with E-state index in [-0.39, 0.29) is 24.3 Å². The minimum atomic E-state index is -0.368. The first-order chi connectivity index (χ1) is 16.4. The highest BCUT2D eigenvalue weighted by Crippen LogP contribution is 2.33. The Kier molecular flexibility index (Phi) is 5.34. The van der Waals surface area contributed by atoms with Gasteiger partial charge in [0.2, 0.25) is 0 Å². The van der Waals surface area contributed by atoms with Crippen molar-refractivity contribution in [3.8, 4) is 5.75 Å². The molecule has 34 heavy (non-hydrogen) atoms. The van der Waals surface area contributed by atoms with Gasteiger partial charge in [-0.25, -0.2) is 4.90 Å². The number of anilines is 2. The monoisotopic (exact) mass is 450 g/mol. The zero-order valence-electron chi connectivity index (χ0n) is 18.8. The van der Waals surface area contributed by atoms with Gasteiger partial charge in [-0.15, -0.1) is 0 Å². The van der Waals surface area contributed by atoms with Gasteiger partial charge in [0.1, 0.15) is 5.75 Å². The van der Waals surface area contributed by atoms with Gasteiger partial charge in [-0.1, -0.05) is 30.3 Å². The van der Waals surface area contributed by atoms with Crippen LogP contribution < -0.4 is 15.0 Å². The lowest BCUT2D eigenvalue weighted by Crippen LogP contribution is -2.40. The molecule has 3 amide bonds. The molecule has 0 fully saturated rings. The number of hydrogen-bond acceptors (Lipinski definition) is 4. The van der Waals surface area contributed by atoms with Gasteiger partial charge >= 0.3 is 0 Å². The van der Waals surface area contributed by atoms with Crippen molar-refractivity contribution >= 4 is 39.9 Å². The number of aryl methyl sites for hydroxylation is 2. The highest BCUT2D eigenvalue weighted by Gasteiger charge is 2.33. The summed E-state index contributed by atoms with van der Waals surface area (Å²) in [5, 5.41) is 4.31. The Labute approximate surface area is 196 Å². The van der Waals surface area contributed by atoms with E-state index in [4.69, 9.17) is 4.74 Å². The van der Waals surface area contributed by atoms with Crippen molar-refractivity contribution in [1.29, 1.82) is 0 Å². The number of nitrogens with one attached hydrogen (secondary N) is 1. The second-order valence-corrected chi connectivity index (χ2v) is 8.28. The molecule has 1 heterocycles. The minimum Gasteiger partial charge on any atom is -0.484 e. The second kappa shape index (κ2) is 8.48. The first kappa shape index (κ1) is 21.4. The molecule has 0 spiro atoms. The lowest BCUT2D eigenvalue weighted by Gasteiger charge is -2.27. The summed E-state index contributed by atoms with van der Waals surface area (Å²) >= 11 is 0. The van der Waals surface area contributed by atoms with Crippen molar-refractivity contribution in [2.24, 2.45) is 0 Å². The van der Waals surface area contributed by atoms with Gasteiger partial charge in [-0.2, -0.15) is 0 Å². The molecule has 0 saturated heterocycles. The Hall–Kier alpha value is -4.45. The first-order valence-electron chi connectivity index (χ1n) is 10.9. The average Bonchev–Trinajstić information content (AvgIpc) is 2.84. The van der Waals surface area contributed by atoms with E-state index < -0.39 is 0 Å². The van der Waals surface area contributed by atoms with Crippen LogP contribution in [0.15, 0.2) is 78.9 Å². The predicted octanol–water partition coefficient (Wildman–Crippen LogP) is 5.27. The van der Waals surface area contributed by atoms with E-state index in [9.17, 15) is 14.4 Å². The Morgan fingerprint density at radius 1 is 0.824 bits per heavy atom. The van der Waals surface area contributed by atoms with Gasteiger partial charge in [0, 0.05) is 22.2 Å². The normalized spacial score (nSPS) is 12.7. The number of carbonyl (C=O) groups excluding carboxylic acids is 3. The molecule has 0 aromatic heterocycles. The van der Waals surface area contributed by atoms with Gasteiger partial charge in [-0.05, 0) is 78.9 Å². The highest BCUT2D eigenvalue weighted by molar-refractivity contribution is 6.35. The van der Waals surface area contributed by atoms with E-state index in [1.165, 1.54) is 4.90 Å².